The zero-order valence-electron chi connectivity index (χ0n) is 22.1. The molecule has 40 heavy (non-hydrogen) atoms. The molecule has 0 aliphatic rings. The van der Waals surface area contributed by atoms with Crippen molar-refractivity contribution in [3.63, 3.8) is 0 Å². The molecule has 0 radical (unpaired) electrons. The highest BCUT2D eigenvalue weighted by Gasteiger charge is 2.23. The minimum Gasteiger partial charge on any atom is -0.464 e. The lowest BCUT2D eigenvalue weighted by atomic mass is 10.1. The Kier molecular flexibility index (Phi) is 6.59. The molecule has 0 aliphatic heterocycles. The Labute approximate surface area is 237 Å². The number of benzene rings is 3. The molecule has 6 rings (SSSR count). The number of ether oxygens (including phenoxy) is 1. The highest BCUT2D eigenvalue weighted by molar-refractivity contribution is 9.10. The first-order valence-corrected chi connectivity index (χ1v) is 13.7. The summed E-state index contributed by atoms with van der Waals surface area (Å²) in [5.41, 5.74) is 3.37. The third kappa shape index (κ3) is 4.32. The Morgan fingerprint density at radius 2 is 1.85 bits per heavy atom. The van der Waals surface area contributed by atoms with Crippen LogP contribution in [0.15, 0.2) is 91.6 Å². The lowest BCUT2D eigenvalue weighted by molar-refractivity contribution is -0.146. The Hall–Kier alpha value is -4.50. The van der Waals surface area contributed by atoms with Crippen LogP contribution in [0.4, 0.5) is 0 Å². The predicted molar refractivity (Wildman–Crippen MR) is 160 cm³/mol. The van der Waals surface area contributed by atoms with Crippen molar-refractivity contribution >= 4 is 60.9 Å². The number of fused-ring (bicyclic) bond motifs is 3. The van der Waals surface area contributed by atoms with Crippen molar-refractivity contribution < 1.29 is 13.9 Å². The number of aromatic nitrogens is 3. The number of esters is 1. The van der Waals surface area contributed by atoms with Crippen LogP contribution < -0.4 is 5.56 Å². The molecule has 0 spiro atoms. The fourth-order valence-electron chi connectivity index (χ4n) is 5.08. The molecule has 8 nitrogen and oxygen atoms in total. The summed E-state index contributed by atoms with van der Waals surface area (Å²) in [5, 5.41) is 6.88. The summed E-state index contributed by atoms with van der Waals surface area (Å²) in [6, 6.07) is 21.9. The molecular weight excluding hydrogens is 572 g/mol. The van der Waals surface area contributed by atoms with Gasteiger partial charge in [0.1, 0.15) is 11.6 Å². The molecule has 0 unspecified atom stereocenters. The Balaban J connectivity index is 1.55. The van der Waals surface area contributed by atoms with Crippen molar-refractivity contribution in [3.05, 3.63) is 98.9 Å². The molecule has 200 valence electrons. The van der Waals surface area contributed by atoms with Crippen molar-refractivity contribution in [2.45, 2.75) is 26.8 Å². The Morgan fingerprint density at radius 3 is 2.65 bits per heavy atom. The standard InChI is InChI=1S/C31H25BrN4O4/c1-4-39-31(38)19(3)35-18(2)24(22-9-6-8-12-26(22)35)17-33-36-29(34-25-11-7-5-10-23(25)30(36)37)28-16-20-15-21(32)13-14-27(20)40-28/h5-17,19H,4H2,1-3H3/t19-/m1/s1. The lowest BCUT2D eigenvalue weighted by Crippen LogP contribution is -2.21. The number of hydrogen-bond acceptors (Lipinski definition) is 6. The number of halogens is 1. The van der Waals surface area contributed by atoms with Gasteiger partial charge in [0.05, 0.1) is 23.7 Å². The molecule has 9 heteroatoms. The van der Waals surface area contributed by atoms with Gasteiger partial charge in [0.2, 0.25) is 5.82 Å². The monoisotopic (exact) mass is 596 g/mol. The largest absolute Gasteiger partial charge is 0.464 e. The van der Waals surface area contributed by atoms with E-state index in [4.69, 9.17) is 14.1 Å². The van der Waals surface area contributed by atoms with Gasteiger partial charge in [-0.15, -0.1) is 0 Å². The van der Waals surface area contributed by atoms with Gasteiger partial charge in [-0.1, -0.05) is 46.3 Å². The van der Waals surface area contributed by atoms with Crippen molar-refractivity contribution in [2.75, 3.05) is 6.61 Å². The van der Waals surface area contributed by atoms with Gasteiger partial charge in [-0.05, 0) is 63.2 Å². The van der Waals surface area contributed by atoms with Crippen LogP contribution in [0.3, 0.4) is 0 Å². The molecule has 1 atom stereocenters. The molecular formula is C31H25BrN4O4. The maximum atomic E-state index is 13.7. The van der Waals surface area contributed by atoms with Gasteiger partial charge in [-0.3, -0.25) is 4.79 Å². The first-order valence-electron chi connectivity index (χ1n) is 12.9. The summed E-state index contributed by atoms with van der Waals surface area (Å²) in [7, 11) is 0. The maximum Gasteiger partial charge on any atom is 0.328 e. The fraction of sp³-hybridized carbons (Fsp3) is 0.161. The average molecular weight is 597 g/mol. The van der Waals surface area contributed by atoms with Crippen LogP contribution in [-0.4, -0.2) is 33.0 Å². The normalized spacial score (nSPS) is 12.6. The molecule has 0 fully saturated rings. The van der Waals surface area contributed by atoms with E-state index in [9.17, 15) is 9.59 Å². The third-order valence-corrected chi connectivity index (χ3v) is 7.47. The Bertz CT molecular complexity index is 2020. The van der Waals surface area contributed by atoms with E-state index in [-0.39, 0.29) is 17.4 Å². The van der Waals surface area contributed by atoms with E-state index in [1.807, 2.05) is 73.0 Å². The number of furan rings is 1. The third-order valence-electron chi connectivity index (χ3n) is 6.97. The van der Waals surface area contributed by atoms with Crippen LogP contribution in [0.5, 0.6) is 0 Å². The molecule has 0 aliphatic carbocycles. The second kappa shape index (κ2) is 10.2. The zero-order chi connectivity index (χ0) is 28.0. The topological polar surface area (TPSA) is 91.6 Å². The summed E-state index contributed by atoms with van der Waals surface area (Å²) in [6.45, 7) is 5.83. The summed E-state index contributed by atoms with van der Waals surface area (Å²) in [5.74, 6) is 0.389. The lowest BCUT2D eigenvalue weighted by Gasteiger charge is -2.16. The molecule has 0 bridgehead atoms. The summed E-state index contributed by atoms with van der Waals surface area (Å²) >= 11 is 3.50. The summed E-state index contributed by atoms with van der Waals surface area (Å²) in [4.78, 5) is 31.2. The van der Waals surface area contributed by atoms with Gasteiger partial charge in [0.15, 0.2) is 5.76 Å². The van der Waals surface area contributed by atoms with E-state index >= 15 is 0 Å². The van der Waals surface area contributed by atoms with E-state index in [2.05, 4.69) is 21.0 Å². The number of hydrogen-bond donors (Lipinski definition) is 0. The van der Waals surface area contributed by atoms with Gasteiger partial charge in [0.25, 0.3) is 5.56 Å². The summed E-state index contributed by atoms with van der Waals surface area (Å²) in [6.07, 6.45) is 1.65. The Morgan fingerprint density at radius 1 is 1.10 bits per heavy atom. The van der Waals surface area contributed by atoms with Crippen LogP contribution in [0, 0.1) is 6.92 Å². The first-order chi connectivity index (χ1) is 19.4. The molecule has 0 amide bonds. The minimum atomic E-state index is -0.539. The predicted octanol–water partition coefficient (Wildman–Crippen LogP) is 6.84. The van der Waals surface area contributed by atoms with Crippen molar-refractivity contribution in [1.29, 1.82) is 0 Å². The number of rotatable bonds is 6. The smallest absolute Gasteiger partial charge is 0.328 e. The fourth-order valence-corrected chi connectivity index (χ4v) is 5.46. The molecule has 3 heterocycles. The van der Waals surface area contributed by atoms with Crippen LogP contribution in [0.25, 0.3) is 44.4 Å². The van der Waals surface area contributed by atoms with Crippen LogP contribution in [0.2, 0.25) is 0 Å². The highest BCUT2D eigenvalue weighted by atomic mass is 79.9. The van der Waals surface area contributed by atoms with E-state index in [1.165, 1.54) is 4.68 Å². The zero-order valence-corrected chi connectivity index (χ0v) is 23.7. The van der Waals surface area contributed by atoms with Gasteiger partial charge in [-0.2, -0.15) is 9.78 Å². The molecule has 0 saturated heterocycles. The molecule has 0 N–H and O–H groups in total. The first kappa shape index (κ1) is 25.8. The second-order valence-corrected chi connectivity index (χ2v) is 10.3. The van der Waals surface area contributed by atoms with Crippen molar-refractivity contribution in [2.24, 2.45) is 5.10 Å². The van der Waals surface area contributed by atoms with Crippen molar-refractivity contribution in [3.8, 4) is 11.6 Å². The second-order valence-electron chi connectivity index (χ2n) is 9.42. The number of carbonyl (C=O) groups excluding carboxylic acids is 1. The van der Waals surface area contributed by atoms with E-state index < -0.39 is 6.04 Å². The highest BCUT2D eigenvalue weighted by Crippen LogP contribution is 2.31. The van der Waals surface area contributed by atoms with Crippen LogP contribution in [0.1, 0.15) is 31.1 Å². The molecule has 6 aromatic rings. The van der Waals surface area contributed by atoms with Gasteiger partial charge in [0, 0.05) is 32.0 Å². The average Bonchev–Trinajstić information content (AvgIpc) is 3.50. The van der Waals surface area contributed by atoms with E-state index in [1.54, 1.807) is 31.3 Å². The number of para-hydroxylation sites is 2. The quantitative estimate of drug-likeness (QED) is 0.155. The number of carbonyl (C=O) groups is 1. The van der Waals surface area contributed by atoms with Crippen LogP contribution in [-0.2, 0) is 9.53 Å². The molecule has 0 saturated carbocycles. The van der Waals surface area contributed by atoms with E-state index in [0.29, 0.717) is 28.9 Å². The minimum absolute atomic E-state index is 0.286. The van der Waals surface area contributed by atoms with Gasteiger partial charge < -0.3 is 13.7 Å². The van der Waals surface area contributed by atoms with Crippen molar-refractivity contribution in [1.82, 2.24) is 14.2 Å². The maximum absolute atomic E-state index is 13.7. The van der Waals surface area contributed by atoms with E-state index in [0.717, 1.165) is 32.0 Å². The van der Waals surface area contributed by atoms with Crippen LogP contribution >= 0.6 is 15.9 Å². The van der Waals surface area contributed by atoms with Gasteiger partial charge >= 0.3 is 5.97 Å². The molecule has 3 aromatic carbocycles. The van der Waals surface area contributed by atoms with Gasteiger partial charge in [-0.25, -0.2) is 9.78 Å². The molecule has 3 aromatic heterocycles. The number of nitrogens with zero attached hydrogens (tertiary/aromatic N) is 4. The SMILES string of the molecule is CCOC(=O)[C@@H](C)n1c(C)c(C=Nn2c(-c3cc4cc(Br)ccc4o3)nc3ccccc3c2=O)c2ccccc21. The summed E-state index contributed by atoms with van der Waals surface area (Å²) < 4.78 is 15.5.